The number of nitrogens with zero attached hydrogens (tertiary/aromatic N) is 1. The van der Waals surface area contributed by atoms with Crippen LogP contribution < -0.4 is 5.73 Å². The molecular weight excluding hydrogens is 326 g/mol. The Hall–Kier alpha value is -2.92. The number of fused-ring (bicyclic) bond motifs is 2. The van der Waals surface area contributed by atoms with Gasteiger partial charge in [-0.15, -0.1) is 0 Å². The zero-order valence-corrected chi connectivity index (χ0v) is 14.7. The maximum absolute atomic E-state index is 13.1. The monoisotopic (exact) mass is 347 g/mol. The minimum atomic E-state index is -0.459. The molecule has 1 aliphatic rings. The van der Waals surface area contributed by atoms with Crippen molar-refractivity contribution < 1.29 is 9.59 Å². The Morgan fingerprint density at radius 2 is 1.81 bits per heavy atom. The van der Waals surface area contributed by atoms with Crippen molar-refractivity contribution in [3.8, 4) is 0 Å². The lowest BCUT2D eigenvalue weighted by Gasteiger charge is -2.34. The van der Waals surface area contributed by atoms with Crippen LogP contribution in [0.3, 0.4) is 0 Å². The van der Waals surface area contributed by atoms with Crippen molar-refractivity contribution in [2.75, 3.05) is 6.54 Å². The predicted octanol–water partition coefficient (Wildman–Crippen LogP) is 2.57. The highest BCUT2D eigenvalue weighted by atomic mass is 16.1. The Labute approximate surface area is 151 Å². The SMILES string of the molecule is Cc1[nH]c2ccccc2c1C(=O)CN1Cc2ccccc2C[C@H]1C(N)=O. The Morgan fingerprint density at radius 1 is 1.12 bits per heavy atom. The summed E-state index contributed by atoms with van der Waals surface area (Å²) < 4.78 is 0. The van der Waals surface area contributed by atoms with Crippen molar-refractivity contribution in [2.24, 2.45) is 5.73 Å². The van der Waals surface area contributed by atoms with Gasteiger partial charge in [0.1, 0.15) is 0 Å². The van der Waals surface area contributed by atoms with Crippen molar-refractivity contribution in [2.45, 2.75) is 25.9 Å². The number of primary amides is 1. The summed E-state index contributed by atoms with van der Waals surface area (Å²) in [4.78, 5) is 30.2. The number of carbonyl (C=O) groups is 2. The minimum Gasteiger partial charge on any atom is -0.368 e. The van der Waals surface area contributed by atoms with Crippen LogP contribution in [0, 0.1) is 6.92 Å². The number of Topliss-reactive ketones (excluding diaryl/α,β-unsaturated/α-hetero) is 1. The standard InChI is InChI=1S/C21H21N3O2/c1-13-20(16-8-4-5-9-17(16)23-13)19(25)12-24-11-15-7-3-2-6-14(15)10-18(24)21(22)26/h2-9,18,23H,10-12H2,1H3,(H2,22,26)/t18-/m0/s1. The number of hydrogen-bond acceptors (Lipinski definition) is 3. The van der Waals surface area contributed by atoms with E-state index in [1.54, 1.807) is 0 Å². The van der Waals surface area contributed by atoms with Gasteiger partial charge in [0.15, 0.2) is 5.78 Å². The summed E-state index contributed by atoms with van der Waals surface area (Å²) in [7, 11) is 0. The first-order valence-corrected chi connectivity index (χ1v) is 8.75. The number of nitrogens with one attached hydrogen (secondary N) is 1. The number of amides is 1. The van der Waals surface area contributed by atoms with E-state index in [9.17, 15) is 9.59 Å². The summed E-state index contributed by atoms with van der Waals surface area (Å²) in [6, 6.07) is 15.3. The molecule has 0 radical (unpaired) electrons. The molecule has 2 heterocycles. The summed E-state index contributed by atoms with van der Waals surface area (Å²) in [6.07, 6.45) is 0.547. The van der Waals surface area contributed by atoms with Crippen LogP contribution in [0.1, 0.15) is 27.2 Å². The second-order valence-electron chi connectivity index (χ2n) is 6.89. The van der Waals surface area contributed by atoms with Crippen LogP contribution in [0.25, 0.3) is 10.9 Å². The number of carbonyl (C=O) groups excluding carboxylic acids is 2. The van der Waals surface area contributed by atoms with Crippen LogP contribution in [0.15, 0.2) is 48.5 Å². The third-order valence-corrected chi connectivity index (χ3v) is 5.19. The number of aryl methyl sites for hydroxylation is 1. The van der Waals surface area contributed by atoms with E-state index < -0.39 is 6.04 Å². The van der Waals surface area contributed by atoms with Gasteiger partial charge >= 0.3 is 0 Å². The van der Waals surface area contributed by atoms with E-state index in [0.717, 1.165) is 27.7 Å². The molecular formula is C21H21N3O2. The maximum Gasteiger partial charge on any atom is 0.235 e. The first-order chi connectivity index (χ1) is 12.5. The molecule has 5 nitrogen and oxygen atoms in total. The molecule has 0 fully saturated rings. The van der Waals surface area contributed by atoms with Gasteiger partial charge in [0.25, 0.3) is 0 Å². The van der Waals surface area contributed by atoms with Crippen LogP contribution in [0.4, 0.5) is 0 Å². The molecule has 1 amide bonds. The van der Waals surface area contributed by atoms with Crippen LogP contribution >= 0.6 is 0 Å². The molecule has 0 saturated heterocycles. The lowest BCUT2D eigenvalue weighted by atomic mass is 9.93. The van der Waals surface area contributed by atoms with E-state index in [2.05, 4.69) is 4.98 Å². The van der Waals surface area contributed by atoms with Crippen molar-refractivity contribution in [1.82, 2.24) is 9.88 Å². The predicted molar refractivity (Wildman–Crippen MR) is 101 cm³/mol. The fourth-order valence-electron chi connectivity index (χ4n) is 3.92. The number of aromatic nitrogens is 1. The molecule has 132 valence electrons. The highest BCUT2D eigenvalue weighted by Crippen LogP contribution is 2.26. The first-order valence-electron chi connectivity index (χ1n) is 8.75. The minimum absolute atomic E-state index is 0.00517. The lowest BCUT2D eigenvalue weighted by Crippen LogP contribution is -2.50. The van der Waals surface area contributed by atoms with E-state index in [1.165, 1.54) is 0 Å². The molecule has 5 heteroatoms. The fraction of sp³-hybridized carbons (Fsp3) is 0.238. The number of ketones is 1. The highest BCUT2D eigenvalue weighted by molar-refractivity contribution is 6.10. The average Bonchev–Trinajstić information content (AvgIpc) is 2.96. The Morgan fingerprint density at radius 3 is 2.58 bits per heavy atom. The number of benzene rings is 2. The van der Waals surface area contributed by atoms with E-state index in [0.29, 0.717) is 18.5 Å². The summed E-state index contributed by atoms with van der Waals surface area (Å²) in [5.74, 6) is -0.381. The number of hydrogen-bond donors (Lipinski definition) is 2. The maximum atomic E-state index is 13.1. The van der Waals surface area contributed by atoms with Gasteiger partial charge in [-0.3, -0.25) is 14.5 Å². The van der Waals surface area contributed by atoms with E-state index >= 15 is 0 Å². The molecule has 0 saturated carbocycles. The molecule has 1 aromatic heterocycles. The summed E-state index contributed by atoms with van der Waals surface area (Å²) in [5.41, 5.74) is 10.4. The van der Waals surface area contributed by atoms with Crippen molar-refractivity contribution in [1.29, 1.82) is 0 Å². The van der Waals surface area contributed by atoms with Gasteiger partial charge in [-0.25, -0.2) is 0 Å². The molecule has 26 heavy (non-hydrogen) atoms. The molecule has 1 aliphatic heterocycles. The molecule has 0 spiro atoms. The molecule has 1 atom stereocenters. The molecule has 2 aromatic carbocycles. The highest BCUT2D eigenvalue weighted by Gasteiger charge is 2.32. The van der Waals surface area contributed by atoms with Gasteiger partial charge in [0, 0.05) is 28.7 Å². The smallest absolute Gasteiger partial charge is 0.235 e. The van der Waals surface area contributed by atoms with Gasteiger partial charge < -0.3 is 10.7 Å². The summed E-state index contributed by atoms with van der Waals surface area (Å²) >= 11 is 0. The van der Waals surface area contributed by atoms with E-state index in [-0.39, 0.29) is 18.2 Å². The van der Waals surface area contributed by atoms with Gasteiger partial charge in [0.05, 0.1) is 12.6 Å². The van der Waals surface area contributed by atoms with Crippen LogP contribution in [0.5, 0.6) is 0 Å². The number of aromatic amines is 1. The molecule has 4 rings (SSSR count). The zero-order chi connectivity index (χ0) is 18.3. The van der Waals surface area contributed by atoms with Gasteiger partial charge in [-0.05, 0) is 30.5 Å². The first kappa shape index (κ1) is 16.5. The second-order valence-corrected chi connectivity index (χ2v) is 6.89. The lowest BCUT2D eigenvalue weighted by molar-refractivity contribution is -0.123. The van der Waals surface area contributed by atoms with Crippen LogP contribution in [-0.4, -0.2) is 34.2 Å². The summed E-state index contributed by atoms with van der Waals surface area (Å²) in [5, 5.41) is 0.919. The second kappa shape index (κ2) is 6.42. The molecule has 0 bridgehead atoms. The summed E-state index contributed by atoms with van der Waals surface area (Å²) in [6.45, 7) is 2.63. The van der Waals surface area contributed by atoms with Gasteiger partial charge in [-0.1, -0.05) is 42.5 Å². The van der Waals surface area contributed by atoms with Gasteiger partial charge in [-0.2, -0.15) is 0 Å². The van der Waals surface area contributed by atoms with Crippen LogP contribution in [0.2, 0.25) is 0 Å². The topological polar surface area (TPSA) is 79.2 Å². The molecule has 3 N–H and O–H groups in total. The van der Waals surface area contributed by atoms with Crippen molar-refractivity contribution in [3.05, 3.63) is 70.9 Å². The molecule has 0 aliphatic carbocycles. The van der Waals surface area contributed by atoms with E-state index in [1.807, 2.05) is 60.4 Å². The Kier molecular flexibility index (Phi) is 4.09. The van der Waals surface area contributed by atoms with Crippen LogP contribution in [-0.2, 0) is 17.8 Å². The largest absolute Gasteiger partial charge is 0.368 e. The quantitative estimate of drug-likeness (QED) is 0.712. The van der Waals surface area contributed by atoms with Gasteiger partial charge in [0.2, 0.25) is 5.91 Å². The zero-order valence-electron chi connectivity index (χ0n) is 14.7. The number of para-hydroxylation sites is 1. The Balaban J connectivity index is 1.65. The fourth-order valence-corrected chi connectivity index (χ4v) is 3.92. The van der Waals surface area contributed by atoms with Crippen molar-refractivity contribution in [3.63, 3.8) is 0 Å². The average molecular weight is 347 g/mol. The van der Waals surface area contributed by atoms with Crippen molar-refractivity contribution >= 4 is 22.6 Å². The third-order valence-electron chi connectivity index (χ3n) is 5.19. The van der Waals surface area contributed by atoms with E-state index in [4.69, 9.17) is 5.73 Å². The Bertz CT molecular complexity index is 1010. The number of rotatable bonds is 4. The number of H-pyrrole nitrogens is 1. The third kappa shape index (κ3) is 2.80. The number of nitrogens with two attached hydrogens (primary N) is 1. The normalized spacial score (nSPS) is 17.2. The molecule has 0 unspecified atom stereocenters. The molecule has 3 aromatic rings.